The normalized spacial score (nSPS) is 15.2. The molecule has 27 heavy (non-hydrogen) atoms. The van der Waals surface area contributed by atoms with E-state index in [4.69, 9.17) is 5.73 Å². The van der Waals surface area contributed by atoms with Gasteiger partial charge in [0.1, 0.15) is 6.33 Å². The van der Waals surface area contributed by atoms with Crippen LogP contribution in [0.1, 0.15) is 26.5 Å². The topological polar surface area (TPSA) is 88.8 Å². The van der Waals surface area contributed by atoms with E-state index in [1.165, 1.54) is 22.7 Å². The Balaban J connectivity index is 2.15. The predicted octanol–water partition coefficient (Wildman–Crippen LogP) is 1.83. The lowest BCUT2D eigenvalue weighted by atomic mass is 10.0. The van der Waals surface area contributed by atoms with Crippen molar-refractivity contribution in [1.29, 1.82) is 0 Å². The van der Waals surface area contributed by atoms with Crippen LogP contribution in [0.5, 0.6) is 0 Å². The Morgan fingerprint density at radius 2 is 2.11 bits per heavy atom. The molecule has 0 bridgehead atoms. The van der Waals surface area contributed by atoms with E-state index in [9.17, 15) is 0 Å². The van der Waals surface area contributed by atoms with Crippen LogP contribution in [0.15, 0.2) is 60.1 Å². The van der Waals surface area contributed by atoms with Gasteiger partial charge in [-0.2, -0.15) is 0 Å². The Hall–Kier alpha value is -3.41. The van der Waals surface area contributed by atoms with Crippen LogP contribution >= 0.6 is 0 Å². The molecule has 138 valence electrons. The van der Waals surface area contributed by atoms with Crippen LogP contribution in [0.4, 0.5) is 11.5 Å². The average molecular weight is 360 g/mol. The zero-order valence-electron chi connectivity index (χ0n) is 16.0. The first-order chi connectivity index (χ1) is 13.0. The molecule has 6 nitrogen and oxygen atoms in total. The summed E-state index contributed by atoms with van der Waals surface area (Å²) >= 11 is 0. The van der Waals surface area contributed by atoms with Gasteiger partial charge in [0.25, 0.3) is 0 Å². The third-order valence-corrected chi connectivity index (χ3v) is 4.46. The molecule has 0 amide bonds. The van der Waals surface area contributed by atoms with Crippen molar-refractivity contribution in [2.75, 3.05) is 18.1 Å². The fourth-order valence-corrected chi connectivity index (χ4v) is 3.03. The number of nitrogens with two attached hydrogens (primary N) is 1. The Morgan fingerprint density at radius 3 is 2.81 bits per heavy atom. The minimum Gasteiger partial charge on any atom is -0.386 e. The molecule has 2 heterocycles. The number of fused-ring (bicyclic) bond motifs is 1. The lowest BCUT2D eigenvalue weighted by Crippen LogP contribution is -2.25. The van der Waals surface area contributed by atoms with Crippen molar-refractivity contribution < 1.29 is 0 Å². The number of aromatic nitrogens is 3. The molecule has 0 unspecified atom stereocenters. The van der Waals surface area contributed by atoms with Gasteiger partial charge in [0.15, 0.2) is 11.5 Å². The van der Waals surface area contributed by atoms with Crippen LogP contribution in [0, 0.1) is 0 Å². The van der Waals surface area contributed by atoms with Crippen LogP contribution in [0.25, 0.3) is 11.3 Å². The molecule has 0 saturated carbocycles. The molecule has 6 heteroatoms. The van der Waals surface area contributed by atoms with Crippen molar-refractivity contribution in [3.05, 3.63) is 76.2 Å². The molecular weight excluding hydrogens is 336 g/mol. The van der Waals surface area contributed by atoms with Crippen LogP contribution < -0.4 is 26.8 Å². The van der Waals surface area contributed by atoms with Crippen molar-refractivity contribution in [2.45, 2.75) is 20.8 Å². The quantitative estimate of drug-likeness (QED) is 0.721. The largest absolute Gasteiger partial charge is 0.386 e. The summed E-state index contributed by atoms with van der Waals surface area (Å²) in [7, 11) is 1.84. The molecule has 0 saturated heterocycles. The standard InChI is InChI=1S/C21H24N6/c1-5-6-7-13(2)17-10-14(3)16-9-8-15(11-18(16)26-17)19(23-4)20-21(22)24-12-25-27-20/h5-12,23,26H,1-4H3,(H2,22,24,25)/b6-5-,13-7+,19-15?. The number of nitrogen functional groups attached to an aromatic ring is 1. The molecule has 0 aliphatic carbocycles. The number of allylic oxidation sites excluding steroid dienone is 5. The van der Waals surface area contributed by atoms with Crippen LogP contribution in [-0.4, -0.2) is 22.2 Å². The highest BCUT2D eigenvalue weighted by Crippen LogP contribution is 2.19. The van der Waals surface area contributed by atoms with E-state index in [-0.39, 0.29) is 0 Å². The SMILES string of the molecule is C/C=C\C=C(/C)C1=CC(C)=c2ccc(=C(NC)c3nncnc3N)cc2N1. The first-order valence-corrected chi connectivity index (χ1v) is 8.80. The molecule has 1 aliphatic heterocycles. The lowest BCUT2D eigenvalue weighted by Gasteiger charge is -2.18. The molecule has 3 rings (SSSR count). The maximum atomic E-state index is 5.99. The van der Waals surface area contributed by atoms with Crippen molar-refractivity contribution in [3.8, 4) is 0 Å². The maximum absolute atomic E-state index is 5.99. The van der Waals surface area contributed by atoms with Gasteiger partial charge in [0.2, 0.25) is 0 Å². The summed E-state index contributed by atoms with van der Waals surface area (Å²) in [4.78, 5) is 4.04. The zero-order chi connectivity index (χ0) is 19.4. The first-order valence-electron chi connectivity index (χ1n) is 8.80. The molecule has 0 spiro atoms. The second-order valence-electron chi connectivity index (χ2n) is 6.32. The summed E-state index contributed by atoms with van der Waals surface area (Å²) in [5.74, 6) is 0.341. The Morgan fingerprint density at radius 1 is 1.30 bits per heavy atom. The highest BCUT2D eigenvalue weighted by atomic mass is 15.2. The molecule has 0 atom stereocenters. The number of nitrogens with one attached hydrogen (secondary N) is 2. The van der Waals surface area contributed by atoms with Crippen LogP contribution in [0.3, 0.4) is 0 Å². The van der Waals surface area contributed by atoms with Gasteiger partial charge in [-0.15, -0.1) is 10.2 Å². The van der Waals surface area contributed by atoms with Crippen molar-refractivity contribution in [3.63, 3.8) is 0 Å². The van der Waals surface area contributed by atoms with Gasteiger partial charge in [0, 0.05) is 28.9 Å². The number of nitrogens with zero attached hydrogens (tertiary/aromatic N) is 3. The van der Waals surface area contributed by atoms with E-state index in [0.717, 1.165) is 22.3 Å². The molecule has 0 radical (unpaired) electrons. The fourth-order valence-electron chi connectivity index (χ4n) is 3.03. The Labute approximate surface area is 158 Å². The summed E-state index contributed by atoms with van der Waals surface area (Å²) in [6.07, 6.45) is 9.66. The van der Waals surface area contributed by atoms with Gasteiger partial charge < -0.3 is 16.4 Å². The monoisotopic (exact) mass is 360 g/mol. The summed E-state index contributed by atoms with van der Waals surface area (Å²) in [6.45, 7) is 6.22. The summed E-state index contributed by atoms with van der Waals surface area (Å²) in [6, 6.07) is 6.24. The van der Waals surface area contributed by atoms with E-state index < -0.39 is 0 Å². The molecule has 1 aliphatic rings. The van der Waals surface area contributed by atoms with Gasteiger partial charge in [-0.1, -0.05) is 30.4 Å². The van der Waals surface area contributed by atoms with Gasteiger partial charge >= 0.3 is 0 Å². The smallest absolute Gasteiger partial charge is 0.155 e. The van der Waals surface area contributed by atoms with E-state index in [1.807, 2.05) is 32.2 Å². The minimum absolute atomic E-state index is 0.341. The molecule has 1 aromatic carbocycles. The van der Waals surface area contributed by atoms with Crippen LogP contribution in [0.2, 0.25) is 0 Å². The van der Waals surface area contributed by atoms with Gasteiger partial charge in [0.05, 0.1) is 5.70 Å². The molecule has 0 fully saturated rings. The number of hydrogen-bond donors (Lipinski definition) is 3. The first kappa shape index (κ1) is 18.4. The summed E-state index contributed by atoms with van der Waals surface area (Å²) in [5.41, 5.74) is 11.8. The second kappa shape index (κ2) is 7.86. The predicted molar refractivity (Wildman–Crippen MR) is 111 cm³/mol. The van der Waals surface area contributed by atoms with Crippen LogP contribution in [-0.2, 0) is 0 Å². The van der Waals surface area contributed by atoms with E-state index in [2.05, 4.69) is 63.9 Å². The van der Waals surface area contributed by atoms with Crippen molar-refractivity contribution in [2.24, 2.45) is 0 Å². The second-order valence-corrected chi connectivity index (χ2v) is 6.32. The highest BCUT2D eigenvalue weighted by molar-refractivity contribution is 5.74. The third-order valence-electron chi connectivity index (χ3n) is 4.46. The maximum Gasteiger partial charge on any atom is 0.155 e. The van der Waals surface area contributed by atoms with Crippen molar-refractivity contribution >= 4 is 22.8 Å². The molecular formula is C21H24N6. The molecule has 4 N–H and O–H groups in total. The Bertz CT molecular complexity index is 1080. The van der Waals surface area contributed by atoms with Crippen molar-refractivity contribution in [1.82, 2.24) is 20.5 Å². The van der Waals surface area contributed by atoms with Gasteiger partial charge in [-0.3, -0.25) is 0 Å². The molecule has 2 aromatic rings. The van der Waals surface area contributed by atoms with E-state index >= 15 is 0 Å². The number of benzene rings is 1. The highest BCUT2D eigenvalue weighted by Gasteiger charge is 2.12. The zero-order valence-corrected chi connectivity index (χ0v) is 16.0. The fraction of sp³-hybridized carbons (Fsp3) is 0.190. The summed E-state index contributed by atoms with van der Waals surface area (Å²) < 4.78 is 0. The number of anilines is 2. The lowest BCUT2D eigenvalue weighted by molar-refractivity contribution is 0.936. The Kier molecular flexibility index (Phi) is 5.35. The third kappa shape index (κ3) is 3.74. The van der Waals surface area contributed by atoms with Gasteiger partial charge in [-0.05, 0) is 44.1 Å². The van der Waals surface area contributed by atoms with E-state index in [1.54, 1.807) is 0 Å². The molecule has 1 aromatic heterocycles. The minimum atomic E-state index is 0.341. The number of rotatable bonds is 4. The van der Waals surface area contributed by atoms with Gasteiger partial charge in [-0.25, -0.2) is 4.98 Å². The summed E-state index contributed by atoms with van der Waals surface area (Å²) in [5, 5.41) is 16.8. The average Bonchev–Trinajstić information content (AvgIpc) is 2.67. The number of hydrogen-bond acceptors (Lipinski definition) is 6. The van der Waals surface area contributed by atoms with E-state index in [0.29, 0.717) is 11.5 Å².